The highest BCUT2D eigenvalue weighted by Gasteiger charge is 2.40. The number of ether oxygens (including phenoxy) is 2. The second-order valence-corrected chi connectivity index (χ2v) is 5.89. The van der Waals surface area contributed by atoms with Crippen molar-refractivity contribution >= 4 is 0 Å². The Morgan fingerprint density at radius 2 is 1.44 bits per heavy atom. The summed E-state index contributed by atoms with van der Waals surface area (Å²) in [6.07, 6.45) is 6.48. The Bertz CT molecular complexity index is 261. The van der Waals surface area contributed by atoms with E-state index in [2.05, 4.69) is 9.80 Å². The van der Waals surface area contributed by atoms with E-state index in [1.54, 1.807) is 0 Å². The highest BCUT2D eigenvalue weighted by Crippen LogP contribution is 2.29. The fourth-order valence-corrected chi connectivity index (χ4v) is 3.46. The van der Waals surface area contributed by atoms with E-state index >= 15 is 0 Å². The molecule has 1 spiro atoms. The van der Waals surface area contributed by atoms with Crippen LogP contribution in [0.5, 0.6) is 0 Å². The maximum atomic E-state index is 5.83. The minimum absolute atomic E-state index is 0.250. The third-order valence-electron chi connectivity index (χ3n) is 4.49. The first-order chi connectivity index (χ1) is 8.86. The zero-order valence-corrected chi connectivity index (χ0v) is 11.4. The van der Waals surface area contributed by atoms with Crippen molar-refractivity contribution in [3.63, 3.8) is 0 Å². The Labute approximate surface area is 110 Å². The smallest absolute Gasteiger partial charge is 0.181 e. The highest BCUT2D eigenvalue weighted by atomic mass is 16.7. The Morgan fingerprint density at radius 3 is 2.22 bits per heavy atom. The molecule has 104 valence electrons. The quantitative estimate of drug-likeness (QED) is 0.758. The molecule has 4 nitrogen and oxygen atoms in total. The molecule has 3 saturated heterocycles. The molecule has 4 heteroatoms. The minimum Gasteiger partial charge on any atom is -0.346 e. The summed E-state index contributed by atoms with van der Waals surface area (Å²) in [7, 11) is 0. The molecule has 0 bridgehead atoms. The molecule has 3 aliphatic heterocycles. The molecule has 0 amide bonds. The van der Waals surface area contributed by atoms with E-state index < -0.39 is 0 Å². The molecule has 3 rings (SSSR count). The van der Waals surface area contributed by atoms with Crippen molar-refractivity contribution in [3.8, 4) is 0 Å². The maximum Gasteiger partial charge on any atom is 0.181 e. The van der Waals surface area contributed by atoms with Crippen molar-refractivity contribution in [2.24, 2.45) is 0 Å². The molecule has 3 fully saturated rings. The first kappa shape index (κ1) is 12.9. The van der Waals surface area contributed by atoms with E-state index in [4.69, 9.17) is 9.47 Å². The van der Waals surface area contributed by atoms with Gasteiger partial charge in [0, 0.05) is 19.5 Å². The number of likely N-dealkylation sites (tertiary alicyclic amines) is 2. The van der Waals surface area contributed by atoms with Gasteiger partial charge in [-0.2, -0.15) is 0 Å². The third-order valence-corrected chi connectivity index (χ3v) is 4.49. The first-order valence-electron chi connectivity index (χ1n) is 7.59. The molecule has 0 aromatic carbocycles. The van der Waals surface area contributed by atoms with Crippen LogP contribution in [0.25, 0.3) is 0 Å². The van der Waals surface area contributed by atoms with Crippen LogP contribution in [0, 0.1) is 0 Å². The van der Waals surface area contributed by atoms with Gasteiger partial charge in [0.2, 0.25) is 0 Å². The van der Waals surface area contributed by atoms with Gasteiger partial charge in [0.1, 0.15) is 0 Å². The number of nitrogens with zero attached hydrogens (tertiary/aromatic N) is 2. The monoisotopic (exact) mass is 254 g/mol. The lowest BCUT2D eigenvalue weighted by atomic mass is 10.0. The van der Waals surface area contributed by atoms with E-state index in [1.807, 2.05) is 0 Å². The Morgan fingerprint density at radius 1 is 0.778 bits per heavy atom. The van der Waals surface area contributed by atoms with Crippen molar-refractivity contribution < 1.29 is 9.47 Å². The Hall–Kier alpha value is -0.160. The van der Waals surface area contributed by atoms with Crippen molar-refractivity contribution in [3.05, 3.63) is 0 Å². The highest BCUT2D eigenvalue weighted by molar-refractivity contribution is 4.84. The van der Waals surface area contributed by atoms with Gasteiger partial charge < -0.3 is 14.4 Å². The second kappa shape index (κ2) is 5.87. The standard InChI is InChI=1S/C14H26N2O2/c1-2-6-15(7-3-1)9-10-16-8-4-5-14(13-16)17-11-12-18-14/h1-13H2. The first-order valence-corrected chi connectivity index (χ1v) is 7.59. The number of hydrogen-bond donors (Lipinski definition) is 0. The lowest BCUT2D eigenvalue weighted by Gasteiger charge is -2.39. The van der Waals surface area contributed by atoms with Crippen LogP contribution in [0.3, 0.4) is 0 Å². The molecule has 0 radical (unpaired) electrons. The summed E-state index contributed by atoms with van der Waals surface area (Å²) in [5.41, 5.74) is 0. The summed E-state index contributed by atoms with van der Waals surface area (Å²) >= 11 is 0. The summed E-state index contributed by atoms with van der Waals surface area (Å²) in [5, 5.41) is 0. The molecule has 0 saturated carbocycles. The summed E-state index contributed by atoms with van der Waals surface area (Å²) in [5.74, 6) is -0.250. The van der Waals surface area contributed by atoms with Gasteiger partial charge in [-0.1, -0.05) is 6.42 Å². The molecule has 18 heavy (non-hydrogen) atoms. The van der Waals surface area contributed by atoms with Crippen molar-refractivity contribution in [2.45, 2.75) is 37.9 Å². The van der Waals surface area contributed by atoms with Gasteiger partial charge in [-0.3, -0.25) is 4.90 Å². The molecule has 0 N–H and O–H groups in total. The van der Waals surface area contributed by atoms with Crippen LogP contribution in [0.2, 0.25) is 0 Å². The van der Waals surface area contributed by atoms with E-state index in [-0.39, 0.29) is 5.79 Å². The lowest BCUT2D eigenvalue weighted by Crippen LogP contribution is -2.50. The number of hydrogen-bond acceptors (Lipinski definition) is 4. The van der Waals surface area contributed by atoms with Crippen LogP contribution in [-0.2, 0) is 9.47 Å². The van der Waals surface area contributed by atoms with E-state index in [0.717, 1.165) is 26.2 Å². The van der Waals surface area contributed by atoms with E-state index in [0.29, 0.717) is 0 Å². The summed E-state index contributed by atoms with van der Waals surface area (Å²) < 4.78 is 11.7. The molecular formula is C14H26N2O2. The predicted molar refractivity (Wildman–Crippen MR) is 70.6 cm³/mol. The SMILES string of the molecule is C1CCN(CCN2CCCC3(C2)OCCO3)CC1. The van der Waals surface area contributed by atoms with Crippen LogP contribution in [-0.4, -0.2) is 68.1 Å². The van der Waals surface area contributed by atoms with Crippen LogP contribution >= 0.6 is 0 Å². The fourth-order valence-electron chi connectivity index (χ4n) is 3.46. The molecule has 0 atom stereocenters. The molecule has 0 aliphatic carbocycles. The maximum absolute atomic E-state index is 5.83. The predicted octanol–water partition coefficient (Wildman–Crippen LogP) is 1.31. The van der Waals surface area contributed by atoms with Gasteiger partial charge >= 0.3 is 0 Å². The second-order valence-electron chi connectivity index (χ2n) is 5.89. The normalized spacial score (nSPS) is 30.0. The number of rotatable bonds is 3. The lowest BCUT2D eigenvalue weighted by molar-refractivity contribution is -0.189. The van der Waals surface area contributed by atoms with Crippen LogP contribution in [0.1, 0.15) is 32.1 Å². The van der Waals surface area contributed by atoms with Gasteiger partial charge in [-0.15, -0.1) is 0 Å². The van der Waals surface area contributed by atoms with Gasteiger partial charge in [0.05, 0.1) is 19.8 Å². The van der Waals surface area contributed by atoms with Crippen molar-refractivity contribution in [1.29, 1.82) is 0 Å². The Kier molecular flexibility index (Phi) is 4.19. The summed E-state index contributed by atoms with van der Waals surface area (Å²) in [4.78, 5) is 5.14. The fraction of sp³-hybridized carbons (Fsp3) is 1.00. The minimum atomic E-state index is -0.250. The molecule has 3 aliphatic rings. The van der Waals surface area contributed by atoms with Crippen molar-refractivity contribution in [2.75, 3.05) is 52.5 Å². The molecule has 0 unspecified atom stereocenters. The molecule has 0 aromatic heterocycles. The summed E-state index contributed by atoms with van der Waals surface area (Å²) in [6, 6.07) is 0. The van der Waals surface area contributed by atoms with E-state index in [1.165, 1.54) is 58.4 Å². The average molecular weight is 254 g/mol. The average Bonchev–Trinajstić information content (AvgIpc) is 2.86. The topological polar surface area (TPSA) is 24.9 Å². The Balaban J connectivity index is 1.44. The van der Waals surface area contributed by atoms with Crippen LogP contribution in [0.4, 0.5) is 0 Å². The van der Waals surface area contributed by atoms with Gasteiger partial charge in [-0.25, -0.2) is 0 Å². The van der Waals surface area contributed by atoms with Gasteiger partial charge in [-0.05, 0) is 38.9 Å². The molecule has 3 heterocycles. The number of piperidine rings is 2. The van der Waals surface area contributed by atoms with Crippen LogP contribution in [0.15, 0.2) is 0 Å². The van der Waals surface area contributed by atoms with Gasteiger partial charge in [0.25, 0.3) is 0 Å². The van der Waals surface area contributed by atoms with E-state index in [9.17, 15) is 0 Å². The van der Waals surface area contributed by atoms with Crippen LogP contribution < -0.4 is 0 Å². The largest absolute Gasteiger partial charge is 0.346 e. The molecule has 0 aromatic rings. The van der Waals surface area contributed by atoms with Crippen molar-refractivity contribution in [1.82, 2.24) is 9.80 Å². The zero-order valence-electron chi connectivity index (χ0n) is 11.4. The third kappa shape index (κ3) is 3.05. The summed E-state index contributed by atoms with van der Waals surface area (Å²) in [6.45, 7) is 8.73. The van der Waals surface area contributed by atoms with Gasteiger partial charge in [0.15, 0.2) is 5.79 Å². The zero-order chi connectivity index (χ0) is 12.3. The molecular weight excluding hydrogens is 228 g/mol.